The van der Waals surface area contributed by atoms with Crippen LogP contribution in [0.1, 0.15) is 17.3 Å². The Balaban J connectivity index is 1.52. The molecule has 0 radical (unpaired) electrons. The van der Waals surface area contributed by atoms with Crippen LogP contribution in [-0.4, -0.2) is 41.2 Å². The highest BCUT2D eigenvalue weighted by Gasteiger charge is 2.20. The number of pyridine rings is 1. The van der Waals surface area contributed by atoms with Crippen LogP contribution in [0.25, 0.3) is 31.7 Å². The third kappa shape index (κ3) is 4.49. The summed E-state index contributed by atoms with van der Waals surface area (Å²) < 4.78 is 19.2. The Labute approximate surface area is 219 Å². The zero-order chi connectivity index (χ0) is 25.4. The predicted molar refractivity (Wildman–Crippen MR) is 142 cm³/mol. The third-order valence-electron chi connectivity index (χ3n) is 5.86. The van der Waals surface area contributed by atoms with E-state index in [1.54, 1.807) is 28.9 Å². The van der Waals surface area contributed by atoms with Crippen molar-refractivity contribution in [1.29, 1.82) is 0 Å². The first kappa shape index (κ1) is 23.4. The normalized spacial score (nSPS) is 13.3. The Hall–Kier alpha value is -4.02. The van der Waals surface area contributed by atoms with E-state index in [9.17, 15) is 9.59 Å². The zero-order valence-electron chi connectivity index (χ0n) is 19.8. The van der Waals surface area contributed by atoms with Crippen molar-refractivity contribution in [1.82, 2.24) is 9.55 Å². The van der Waals surface area contributed by atoms with E-state index in [4.69, 9.17) is 19.2 Å². The van der Waals surface area contributed by atoms with E-state index >= 15 is 0 Å². The number of ether oxygens (including phenoxy) is 3. The van der Waals surface area contributed by atoms with Gasteiger partial charge in [0.2, 0.25) is 0 Å². The number of benzene rings is 2. The largest absolute Gasteiger partial charge is 0.486 e. The average Bonchev–Trinajstić information content (AvgIpc) is 3.56. The number of thiophene rings is 1. The summed E-state index contributed by atoms with van der Waals surface area (Å²) in [4.78, 5) is 36.8. The number of nitrogens with zero attached hydrogens (tertiary/aromatic N) is 3. The maximum Gasteiger partial charge on any atom is 0.326 e. The highest BCUT2D eigenvalue weighted by molar-refractivity contribution is 7.16. The van der Waals surface area contributed by atoms with Crippen LogP contribution in [0.4, 0.5) is 0 Å². The summed E-state index contributed by atoms with van der Waals surface area (Å²) in [5.41, 5.74) is 2.59. The fourth-order valence-corrected chi connectivity index (χ4v) is 5.95. The van der Waals surface area contributed by atoms with Gasteiger partial charge in [-0.25, -0.2) is 4.98 Å². The number of para-hydroxylation sites is 1. The molecule has 186 valence electrons. The SMILES string of the molecule is CCOC(=O)Cn1c(=NC(=O)c2cc(-c3cccs3)nc3ccccc23)sc2cc3c(cc21)OCCO3. The van der Waals surface area contributed by atoms with Crippen molar-refractivity contribution in [2.24, 2.45) is 4.99 Å². The molecule has 1 amide bonds. The number of amides is 1. The Kier molecular flexibility index (Phi) is 6.19. The van der Waals surface area contributed by atoms with E-state index in [0.717, 1.165) is 9.58 Å². The quantitative estimate of drug-likeness (QED) is 0.295. The molecule has 37 heavy (non-hydrogen) atoms. The predicted octanol–water partition coefficient (Wildman–Crippen LogP) is 5.05. The molecule has 0 fully saturated rings. The van der Waals surface area contributed by atoms with Crippen molar-refractivity contribution in [3.05, 3.63) is 70.3 Å². The van der Waals surface area contributed by atoms with Crippen LogP contribution in [-0.2, 0) is 16.1 Å². The molecule has 0 saturated heterocycles. The monoisotopic (exact) mass is 531 g/mol. The van der Waals surface area contributed by atoms with Crippen molar-refractivity contribution < 1.29 is 23.8 Å². The van der Waals surface area contributed by atoms with Crippen LogP contribution in [0.15, 0.2) is 65.0 Å². The molecule has 0 unspecified atom stereocenters. The molecular formula is C27H21N3O5S2. The maximum absolute atomic E-state index is 13.7. The molecule has 6 rings (SSSR count). The summed E-state index contributed by atoms with van der Waals surface area (Å²) in [5.74, 6) is 0.382. The lowest BCUT2D eigenvalue weighted by Gasteiger charge is -2.18. The van der Waals surface area contributed by atoms with Crippen LogP contribution in [0.3, 0.4) is 0 Å². The van der Waals surface area contributed by atoms with Gasteiger partial charge in [-0.2, -0.15) is 4.99 Å². The van der Waals surface area contributed by atoms with E-state index in [2.05, 4.69) is 4.99 Å². The second-order valence-corrected chi connectivity index (χ2v) is 10.2. The maximum atomic E-state index is 13.7. The highest BCUT2D eigenvalue weighted by Crippen LogP contribution is 2.36. The number of carbonyl (C=O) groups excluding carboxylic acids is 2. The number of hydrogen-bond acceptors (Lipinski definition) is 8. The first-order valence-corrected chi connectivity index (χ1v) is 13.4. The summed E-state index contributed by atoms with van der Waals surface area (Å²) in [6, 6.07) is 16.9. The summed E-state index contributed by atoms with van der Waals surface area (Å²) in [7, 11) is 0. The molecule has 8 nitrogen and oxygen atoms in total. The molecule has 4 heterocycles. The number of rotatable bonds is 5. The van der Waals surface area contributed by atoms with Gasteiger partial charge in [-0.1, -0.05) is 35.6 Å². The standard InChI is InChI=1S/C27H21N3O5S2/c1-2-33-25(31)15-30-20-13-21-22(35-10-9-34-21)14-24(20)37-27(30)29-26(32)17-12-19(23-8-5-11-36-23)28-18-7-4-3-6-16(17)18/h3-8,11-14H,2,9-10,15H2,1H3. The van der Waals surface area contributed by atoms with Crippen LogP contribution >= 0.6 is 22.7 Å². The number of carbonyl (C=O) groups is 2. The molecule has 10 heteroatoms. The summed E-state index contributed by atoms with van der Waals surface area (Å²) in [6.45, 7) is 2.83. The molecule has 0 aliphatic carbocycles. The van der Waals surface area contributed by atoms with Gasteiger partial charge >= 0.3 is 5.97 Å². The Morgan fingerprint density at radius 3 is 2.68 bits per heavy atom. The number of hydrogen-bond donors (Lipinski definition) is 0. The molecule has 0 bridgehead atoms. The second-order valence-electron chi connectivity index (χ2n) is 8.21. The zero-order valence-corrected chi connectivity index (χ0v) is 21.4. The molecule has 0 N–H and O–H groups in total. The van der Waals surface area contributed by atoms with E-state index in [1.165, 1.54) is 11.3 Å². The van der Waals surface area contributed by atoms with Crippen molar-refractivity contribution in [3.8, 4) is 22.1 Å². The van der Waals surface area contributed by atoms with Gasteiger partial charge < -0.3 is 18.8 Å². The van der Waals surface area contributed by atoms with Gasteiger partial charge in [-0.3, -0.25) is 9.59 Å². The second kappa shape index (κ2) is 9.79. The van der Waals surface area contributed by atoms with E-state index in [-0.39, 0.29) is 13.2 Å². The average molecular weight is 532 g/mol. The van der Waals surface area contributed by atoms with Gasteiger partial charge in [0, 0.05) is 17.5 Å². The van der Waals surface area contributed by atoms with Gasteiger partial charge in [0.1, 0.15) is 19.8 Å². The lowest BCUT2D eigenvalue weighted by Crippen LogP contribution is -2.23. The molecular weight excluding hydrogens is 510 g/mol. The minimum absolute atomic E-state index is 0.0862. The summed E-state index contributed by atoms with van der Waals surface area (Å²) >= 11 is 2.86. The van der Waals surface area contributed by atoms with Crippen molar-refractivity contribution in [2.75, 3.05) is 19.8 Å². The van der Waals surface area contributed by atoms with Gasteiger partial charge in [0.15, 0.2) is 16.3 Å². The molecule has 0 spiro atoms. The lowest BCUT2D eigenvalue weighted by atomic mass is 10.1. The topological polar surface area (TPSA) is 92.0 Å². The summed E-state index contributed by atoms with van der Waals surface area (Å²) in [6.07, 6.45) is 0. The Morgan fingerprint density at radius 2 is 1.89 bits per heavy atom. The van der Waals surface area contributed by atoms with Gasteiger partial charge in [0.25, 0.3) is 5.91 Å². The minimum atomic E-state index is -0.419. The molecule has 2 aromatic carbocycles. The molecule has 0 saturated carbocycles. The first-order valence-electron chi connectivity index (χ1n) is 11.7. The number of thiazole rings is 1. The fraction of sp³-hybridized carbons (Fsp3) is 0.185. The van der Waals surface area contributed by atoms with Crippen LogP contribution in [0.2, 0.25) is 0 Å². The minimum Gasteiger partial charge on any atom is -0.486 e. The highest BCUT2D eigenvalue weighted by atomic mass is 32.1. The van der Waals surface area contributed by atoms with Crippen molar-refractivity contribution in [3.63, 3.8) is 0 Å². The van der Waals surface area contributed by atoms with Crippen LogP contribution in [0, 0.1) is 0 Å². The first-order chi connectivity index (χ1) is 18.1. The number of esters is 1. The molecule has 1 aliphatic rings. The number of aromatic nitrogens is 2. The van der Waals surface area contributed by atoms with Crippen molar-refractivity contribution >= 4 is 55.7 Å². The van der Waals surface area contributed by atoms with Crippen LogP contribution in [0.5, 0.6) is 11.5 Å². The Morgan fingerprint density at radius 1 is 1.08 bits per heavy atom. The summed E-state index contributed by atoms with van der Waals surface area (Å²) in [5, 5.41) is 2.69. The van der Waals surface area contributed by atoms with Gasteiger partial charge in [0.05, 0.1) is 38.5 Å². The molecule has 5 aromatic rings. The smallest absolute Gasteiger partial charge is 0.326 e. The molecule has 1 aliphatic heterocycles. The number of fused-ring (bicyclic) bond motifs is 3. The van der Waals surface area contributed by atoms with Crippen LogP contribution < -0.4 is 14.3 Å². The third-order valence-corrected chi connectivity index (χ3v) is 7.79. The van der Waals surface area contributed by atoms with E-state index in [0.29, 0.717) is 57.2 Å². The van der Waals surface area contributed by atoms with Gasteiger partial charge in [-0.15, -0.1) is 11.3 Å². The lowest BCUT2D eigenvalue weighted by molar-refractivity contribution is -0.143. The van der Waals surface area contributed by atoms with Crippen molar-refractivity contribution in [2.45, 2.75) is 13.5 Å². The molecule has 0 atom stereocenters. The van der Waals surface area contributed by atoms with Gasteiger partial charge in [-0.05, 0) is 30.5 Å². The Bertz CT molecular complexity index is 1720. The van der Waals surface area contributed by atoms with E-state index < -0.39 is 11.9 Å². The van der Waals surface area contributed by atoms with E-state index in [1.807, 2.05) is 53.9 Å². The fourth-order valence-electron chi connectivity index (χ4n) is 4.23. The molecule has 3 aromatic heterocycles.